The molecule has 0 saturated carbocycles. The summed E-state index contributed by atoms with van der Waals surface area (Å²) in [5.74, 6) is 0. The zero-order valence-electron chi connectivity index (χ0n) is 22.7. The molecule has 3 heteroatoms. The van der Waals surface area contributed by atoms with Gasteiger partial charge in [-0.15, -0.1) is 11.3 Å². The fourth-order valence-corrected chi connectivity index (χ4v) is 7.89. The zero-order chi connectivity index (χ0) is 27.2. The molecule has 6 aromatic carbocycles. The van der Waals surface area contributed by atoms with Crippen molar-refractivity contribution in [3.63, 3.8) is 0 Å². The Kier molecular flexibility index (Phi) is 4.65. The molecule has 0 aliphatic carbocycles. The number of hydrogen-bond donors (Lipinski definition) is 0. The minimum atomic E-state index is 0.927. The molecule has 9 rings (SSSR count). The second kappa shape index (κ2) is 8.33. The summed E-state index contributed by atoms with van der Waals surface area (Å²) in [4.78, 5) is 0. The van der Waals surface area contributed by atoms with Crippen molar-refractivity contribution in [2.45, 2.75) is 13.8 Å². The minimum Gasteiger partial charge on any atom is -0.456 e. The Morgan fingerprint density at radius 1 is 0.561 bits per heavy atom. The van der Waals surface area contributed by atoms with Crippen LogP contribution in [0.3, 0.4) is 0 Å². The summed E-state index contributed by atoms with van der Waals surface area (Å²) < 4.78 is 11.2. The molecule has 0 saturated heterocycles. The van der Waals surface area contributed by atoms with Crippen LogP contribution in [0.1, 0.15) is 11.1 Å². The summed E-state index contributed by atoms with van der Waals surface area (Å²) in [5.41, 5.74) is 10.6. The van der Waals surface area contributed by atoms with Gasteiger partial charge < -0.3 is 8.98 Å². The first kappa shape index (κ1) is 22.9. The van der Waals surface area contributed by atoms with E-state index in [0.717, 1.165) is 21.9 Å². The number of nitrogens with zero attached hydrogens (tertiary/aromatic N) is 1. The second-order valence-electron chi connectivity index (χ2n) is 11.1. The van der Waals surface area contributed by atoms with Crippen LogP contribution >= 0.6 is 11.3 Å². The van der Waals surface area contributed by atoms with Gasteiger partial charge in [-0.25, -0.2) is 0 Å². The average Bonchev–Trinajstić information content (AvgIpc) is 3.66. The van der Waals surface area contributed by atoms with Gasteiger partial charge in [0.1, 0.15) is 11.2 Å². The lowest BCUT2D eigenvalue weighted by Gasteiger charge is -2.10. The zero-order valence-corrected chi connectivity index (χ0v) is 23.5. The van der Waals surface area contributed by atoms with Gasteiger partial charge in [0.05, 0.1) is 21.4 Å². The van der Waals surface area contributed by atoms with Crippen LogP contribution in [0, 0.1) is 13.8 Å². The van der Waals surface area contributed by atoms with E-state index in [2.05, 4.69) is 122 Å². The Bertz CT molecular complexity index is 2450. The maximum absolute atomic E-state index is 6.13. The predicted octanol–water partition coefficient (Wildman–Crippen LogP) is 11.3. The Morgan fingerprint density at radius 2 is 1.27 bits per heavy atom. The topological polar surface area (TPSA) is 18.1 Å². The fraction of sp³-hybridized carbons (Fsp3) is 0.0526. The standard InChI is InChI=1S/C38H25NOS/c1-22-13-16-31-28(19-22)29-20-23(2)14-17-32(29)39(31)33-10-5-9-27-37-25(8-6-12-36(37)41-38(27)33)24-15-18-35-30(21-24)26-7-3-4-11-34(26)40-35/h3-21H,1-2H3. The van der Waals surface area contributed by atoms with E-state index in [0.29, 0.717) is 0 Å². The van der Waals surface area contributed by atoms with Crippen LogP contribution in [0.15, 0.2) is 120 Å². The Balaban J connectivity index is 1.34. The number of rotatable bonds is 2. The summed E-state index contributed by atoms with van der Waals surface area (Å²) in [5, 5.41) is 7.54. The van der Waals surface area contributed by atoms with Crippen LogP contribution in [-0.4, -0.2) is 4.57 Å². The fourth-order valence-electron chi connectivity index (χ4n) is 6.65. The van der Waals surface area contributed by atoms with Crippen LogP contribution < -0.4 is 0 Å². The van der Waals surface area contributed by atoms with Crippen LogP contribution in [0.25, 0.3) is 80.7 Å². The highest BCUT2D eigenvalue weighted by Crippen LogP contribution is 2.45. The first-order valence-corrected chi connectivity index (χ1v) is 14.8. The van der Waals surface area contributed by atoms with Crippen molar-refractivity contribution >= 4 is 75.3 Å². The average molecular weight is 544 g/mol. The molecule has 3 aromatic heterocycles. The predicted molar refractivity (Wildman–Crippen MR) is 176 cm³/mol. The molecule has 0 aliphatic rings. The van der Waals surface area contributed by atoms with Crippen molar-refractivity contribution in [1.29, 1.82) is 0 Å². The van der Waals surface area contributed by atoms with Crippen molar-refractivity contribution < 1.29 is 4.42 Å². The highest BCUT2D eigenvalue weighted by Gasteiger charge is 2.19. The van der Waals surface area contributed by atoms with Gasteiger partial charge in [0, 0.05) is 37.0 Å². The maximum Gasteiger partial charge on any atom is 0.135 e. The van der Waals surface area contributed by atoms with Gasteiger partial charge in [0.25, 0.3) is 0 Å². The van der Waals surface area contributed by atoms with E-state index >= 15 is 0 Å². The number of thiophene rings is 1. The number of para-hydroxylation sites is 1. The normalized spacial score (nSPS) is 12.1. The Hall–Kier alpha value is -4.86. The van der Waals surface area contributed by atoms with Gasteiger partial charge in [-0.2, -0.15) is 0 Å². The first-order valence-electron chi connectivity index (χ1n) is 14.0. The SMILES string of the molecule is Cc1ccc2c(c1)c1cc(C)ccc1n2-c1cccc2c1sc1cccc(-c3ccc4oc5ccccc5c4c3)c12. The van der Waals surface area contributed by atoms with Gasteiger partial charge in [-0.1, -0.05) is 71.8 Å². The second-order valence-corrected chi connectivity index (χ2v) is 12.2. The van der Waals surface area contributed by atoms with Gasteiger partial charge in [-0.3, -0.25) is 0 Å². The molecule has 9 aromatic rings. The Labute approximate surface area is 240 Å². The third kappa shape index (κ3) is 3.24. The summed E-state index contributed by atoms with van der Waals surface area (Å²) in [6.07, 6.45) is 0. The molecule has 0 fully saturated rings. The summed E-state index contributed by atoms with van der Waals surface area (Å²) in [7, 11) is 0. The van der Waals surface area contributed by atoms with Gasteiger partial charge in [-0.05, 0) is 79.6 Å². The Morgan fingerprint density at radius 3 is 2.07 bits per heavy atom. The van der Waals surface area contributed by atoms with E-state index < -0.39 is 0 Å². The van der Waals surface area contributed by atoms with E-state index in [1.165, 1.54) is 69.9 Å². The molecular formula is C38H25NOS. The van der Waals surface area contributed by atoms with Gasteiger partial charge in [0.15, 0.2) is 0 Å². The molecule has 0 bridgehead atoms. The molecule has 2 nitrogen and oxygen atoms in total. The third-order valence-corrected chi connectivity index (χ3v) is 9.70. The quantitative estimate of drug-likeness (QED) is 0.212. The monoisotopic (exact) mass is 543 g/mol. The molecule has 0 aliphatic heterocycles. The number of benzene rings is 6. The summed E-state index contributed by atoms with van der Waals surface area (Å²) >= 11 is 1.89. The van der Waals surface area contributed by atoms with Crippen molar-refractivity contribution in [3.8, 4) is 16.8 Å². The highest BCUT2D eigenvalue weighted by molar-refractivity contribution is 7.26. The van der Waals surface area contributed by atoms with Crippen molar-refractivity contribution in [2.75, 3.05) is 0 Å². The van der Waals surface area contributed by atoms with E-state index in [1.54, 1.807) is 0 Å². The van der Waals surface area contributed by atoms with Gasteiger partial charge >= 0.3 is 0 Å². The molecule has 41 heavy (non-hydrogen) atoms. The van der Waals surface area contributed by atoms with Crippen LogP contribution in [-0.2, 0) is 0 Å². The molecular weight excluding hydrogens is 518 g/mol. The number of fused-ring (bicyclic) bond motifs is 9. The lowest BCUT2D eigenvalue weighted by molar-refractivity contribution is 0.669. The summed E-state index contributed by atoms with van der Waals surface area (Å²) in [6.45, 7) is 4.35. The molecule has 0 spiro atoms. The number of hydrogen-bond acceptors (Lipinski definition) is 2. The molecule has 194 valence electrons. The van der Waals surface area contributed by atoms with Crippen LogP contribution in [0.2, 0.25) is 0 Å². The molecule has 0 unspecified atom stereocenters. The largest absolute Gasteiger partial charge is 0.456 e. The molecule has 0 amide bonds. The van der Waals surface area contributed by atoms with Crippen molar-refractivity contribution in [3.05, 3.63) is 126 Å². The van der Waals surface area contributed by atoms with Gasteiger partial charge in [0.2, 0.25) is 0 Å². The van der Waals surface area contributed by atoms with E-state index in [-0.39, 0.29) is 0 Å². The summed E-state index contributed by atoms with van der Waals surface area (Å²) in [6, 6.07) is 42.1. The highest BCUT2D eigenvalue weighted by atomic mass is 32.1. The van der Waals surface area contributed by atoms with Crippen molar-refractivity contribution in [2.24, 2.45) is 0 Å². The molecule has 3 heterocycles. The number of furan rings is 1. The molecule has 0 atom stereocenters. The molecule has 0 N–H and O–H groups in total. The first-order chi connectivity index (χ1) is 20.1. The number of aryl methyl sites for hydroxylation is 2. The third-order valence-electron chi connectivity index (χ3n) is 8.51. The lowest BCUT2D eigenvalue weighted by Crippen LogP contribution is -1.94. The maximum atomic E-state index is 6.13. The van der Waals surface area contributed by atoms with E-state index in [1.807, 2.05) is 23.5 Å². The lowest BCUT2D eigenvalue weighted by atomic mass is 9.98. The van der Waals surface area contributed by atoms with E-state index in [9.17, 15) is 0 Å². The smallest absolute Gasteiger partial charge is 0.135 e. The minimum absolute atomic E-state index is 0.927. The van der Waals surface area contributed by atoms with Crippen LogP contribution in [0.4, 0.5) is 0 Å². The number of aromatic nitrogens is 1. The van der Waals surface area contributed by atoms with Crippen molar-refractivity contribution in [1.82, 2.24) is 4.57 Å². The van der Waals surface area contributed by atoms with Crippen LogP contribution in [0.5, 0.6) is 0 Å². The molecule has 0 radical (unpaired) electrons. The van der Waals surface area contributed by atoms with E-state index in [4.69, 9.17) is 4.42 Å².